The van der Waals surface area contributed by atoms with Gasteiger partial charge >= 0.3 is 0 Å². The molecule has 0 aromatic carbocycles. The standard InChI is InChI=1S/C15H17N3O3/c19-15(14-5-8-21-17-14)18-7-2-4-13(10-18)20-11-12-3-1-6-16-9-12/h1,3,5-6,8-9,13H,2,4,7,10-11H2/t13-/m0/s1. The van der Waals surface area contributed by atoms with Gasteiger partial charge in [-0.1, -0.05) is 11.2 Å². The Morgan fingerprint density at radius 2 is 2.43 bits per heavy atom. The van der Waals surface area contributed by atoms with Crippen LogP contribution in [0.5, 0.6) is 0 Å². The van der Waals surface area contributed by atoms with E-state index in [1.807, 2.05) is 12.1 Å². The number of carbonyl (C=O) groups excluding carboxylic acids is 1. The molecule has 0 bridgehead atoms. The van der Waals surface area contributed by atoms with Crippen molar-refractivity contribution in [3.8, 4) is 0 Å². The number of rotatable bonds is 4. The number of hydrogen-bond acceptors (Lipinski definition) is 5. The third-order valence-electron chi connectivity index (χ3n) is 3.53. The highest BCUT2D eigenvalue weighted by molar-refractivity contribution is 5.92. The third-order valence-corrected chi connectivity index (χ3v) is 3.53. The first-order valence-electron chi connectivity index (χ1n) is 7.03. The van der Waals surface area contributed by atoms with Crippen molar-refractivity contribution in [2.75, 3.05) is 13.1 Å². The normalized spacial score (nSPS) is 18.7. The molecule has 6 heteroatoms. The quantitative estimate of drug-likeness (QED) is 0.859. The van der Waals surface area contributed by atoms with E-state index in [-0.39, 0.29) is 12.0 Å². The molecule has 1 atom stereocenters. The summed E-state index contributed by atoms with van der Waals surface area (Å²) in [6.07, 6.45) is 6.89. The van der Waals surface area contributed by atoms with Crippen LogP contribution < -0.4 is 0 Å². The molecule has 3 rings (SSSR count). The lowest BCUT2D eigenvalue weighted by molar-refractivity contribution is -0.00707. The number of amides is 1. The number of ether oxygens (including phenoxy) is 1. The number of carbonyl (C=O) groups is 1. The van der Waals surface area contributed by atoms with Gasteiger partial charge < -0.3 is 14.2 Å². The van der Waals surface area contributed by atoms with Crippen molar-refractivity contribution in [3.05, 3.63) is 48.1 Å². The van der Waals surface area contributed by atoms with Crippen molar-refractivity contribution in [2.24, 2.45) is 0 Å². The Kier molecular flexibility index (Phi) is 4.25. The van der Waals surface area contributed by atoms with E-state index in [2.05, 4.69) is 10.1 Å². The molecule has 1 saturated heterocycles. The maximum atomic E-state index is 12.2. The summed E-state index contributed by atoms with van der Waals surface area (Å²) in [7, 11) is 0. The minimum atomic E-state index is -0.0987. The van der Waals surface area contributed by atoms with Gasteiger partial charge in [-0.2, -0.15) is 0 Å². The van der Waals surface area contributed by atoms with E-state index in [4.69, 9.17) is 9.26 Å². The van der Waals surface area contributed by atoms with Crippen molar-refractivity contribution in [3.63, 3.8) is 0 Å². The largest absolute Gasteiger partial charge is 0.372 e. The predicted molar refractivity (Wildman–Crippen MR) is 74.5 cm³/mol. The second kappa shape index (κ2) is 6.49. The van der Waals surface area contributed by atoms with Gasteiger partial charge in [0.1, 0.15) is 6.26 Å². The molecule has 0 unspecified atom stereocenters. The maximum absolute atomic E-state index is 12.2. The van der Waals surface area contributed by atoms with Crippen molar-refractivity contribution in [1.29, 1.82) is 0 Å². The molecule has 2 aromatic heterocycles. The van der Waals surface area contributed by atoms with Crippen molar-refractivity contribution in [2.45, 2.75) is 25.6 Å². The monoisotopic (exact) mass is 287 g/mol. The Bertz CT molecular complexity index is 571. The molecule has 0 saturated carbocycles. The van der Waals surface area contributed by atoms with E-state index < -0.39 is 0 Å². The molecular weight excluding hydrogens is 270 g/mol. The fourth-order valence-corrected chi connectivity index (χ4v) is 2.44. The molecule has 6 nitrogen and oxygen atoms in total. The van der Waals surface area contributed by atoms with Gasteiger partial charge in [-0.15, -0.1) is 0 Å². The lowest BCUT2D eigenvalue weighted by Crippen LogP contribution is -2.43. The molecule has 1 amide bonds. The average Bonchev–Trinajstić information content (AvgIpc) is 3.08. The highest BCUT2D eigenvalue weighted by Gasteiger charge is 2.26. The van der Waals surface area contributed by atoms with Crippen molar-refractivity contribution < 1.29 is 14.1 Å². The molecule has 1 aliphatic heterocycles. The van der Waals surface area contributed by atoms with Gasteiger partial charge in [0.15, 0.2) is 5.69 Å². The summed E-state index contributed by atoms with van der Waals surface area (Å²) in [6, 6.07) is 5.45. The lowest BCUT2D eigenvalue weighted by Gasteiger charge is -2.32. The Morgan fingerprint density at radius 1 is 1.48 bits per heavy atom. The van der Waals surface area contributed by atoms with Gasteiger partial charge in [0, 0.05) is 31.5 Å². The van der Waals surface area contributed by atoms with Crippen LogP contribution in [-0.2, 0) is 11.3 Å². The Hall–Kier alpha value is -2.21. The van der Waals surface area contributed by atoms with Crippen LogP contribution in [0.1, 0.15) is 28.9 Å². The number of aromatic nitrogens is 2. The summed E-state index contributed by atoms with van der Waals surface area (Å²) in [5.74, 6) is -0.0987. The van der Waals surface area contributed by atoms with Crippen LogP contribution in [-0.4, -0.2) is 40.1 Å². The number of piperidine rings is 1. The lowest BCUT2D eigenvalue weighted by atomic mass is 10.1. The average molecular weight is 287 g/mol. The molecule has 1 aliphatic rings. The first-order chi connectivity index (χ1) is 10.3. The van der Waals surface area contributed by atoms with Gasteiger partial charge in [-0.05, 0) is 24.5 Å². The molecule has 21 heavy (non-hydrogen) atoms. The SMILES string of the molecule is O=C(c1ccon1)N1CCC[C@H](OCc2cccnc2)C1. The van der Waals surface area contributed by atoms with E-state index in [1.165, 1.54) is 6.26 Å². The Morgan fingerprint density at radius 3 is 3.19 bits per heavy atom. The summed E-state index contributed by atoms with van der Waals surface area (Å²) in [4.78, 5) is 18.1. The van der Waals surface area contributed by atoms with Crippen LogP contribution in [0.15, 0.2) is 41.4 Å². The fraction of sp³-hybridized carbons (Fsp3) is 0.400. The zero-order valence-corrected chi connectivity index (χ0v) is 11.6. The highest BCUT2D eigenvalue weighted by Crippen LogP contribution is 2.17. The van der Waals surface area contributed by atoms with Crippen LogP contribution in [0.2, 0.25) is 0 Å². The topological polar surface area (TPSA) is 68.5 Å². The third kappa shape index (κ3) is 3.46. The first kappa shape index (κ1) is 13.8. The smallest absolute Gasteiger partial charge is 0.276 e. The zero-order chi connectivity index (χ0) is 14.5. The molecule has 0 radical (unpaired) electrons. The van der Waals surface area contributed by atoms with Gasteiger partial charge in [0.2, 0.25) is 0 Å². The van der Waals surface area contributed by atoms with E-state index in [9.17, 15) is 4.79 Å². The van der Waals surface area contributed by atoms with Crippen molar-refractivity contribution in [1.82, 2.24) is 15.0 Å². The molecule has 1 fully saturated rings. The van der Waals surface area contributed by atoms with E-state index in [1.54, 1.807) is 23.4 Å². The molecule has 0 spiro atoms. The summed E-state index contributed by atoms with van der Waals surface area (Å²) in [6.45, 7) is 1.84. The first-order valence-corrected chi connectivity index (χ1v) is 7.03. The molecular formula is C15H17N3O3. The summed E-state index contributed by atoms with van der Waals surface area (Å²) < 4.78 is 10.6. The van der Waals surface area contributed by atoms with Gasteiger partial charge in [0.05, 0.1) is 12.7 Å². The Balaban J connectivity index is 1.55. The Labute approximate surface area is 122 Å². The van der Waals surface area contributed by atoms with Crippen LogP contribution in [0.25, 0.3) is 0 Å². The molecule has 110 valence electrons. The highest BCUT2D eigenvalue weighted by atomic mass is 16.5. The maximum Gasteiger partial charge on any atom is 0.276 e. The minimum Gasteiger partial charge on any atom is -0.372 e. The predicted octanol–water partition coefficient (Wildman–Crippen LogP) is 1.89. The molecule has 0 N–H and O–H groups in total. The van der Waals surface area contributed by atoms with Crippen LogP contribution >= 0.6 is 0 Å². The second-order valence-electron chi connectivity index (χ2n) is 5.07. The van der Waals surface area contributed by atoms with E-state index >= 15 is 0 Å². The van der Waals surface area contributed by atoms with Crippen LogP contribution in [0, 0.1) is 0 Å². The molecule has 0 aliphatic carbocycles. The second-order valence-corrected chi connectivity index (χ2v) is 5.07. The van der Waals surface area contributed by atoms with Gasteiger partial charge in [0.25, 0.3) is 5.91 Å². The van der Waals surface area contributed by atoms with Gasteiger partial charge in [-0.25, -0.2) is 0 Å². The van der Waals surface area contributed by atoms with Crippen LogP contribution in [0.4, 0.5) is 0 Å². The zero-order valence-electron chi connectivity index (χ0n) is 11.6. The minimum absolute atomic E-state index is 0.0507. The van der Waals surface area contributed by atoms with E-state index in [0.717, 1.165) is 24.9 Å². The van der Waals surface area contributed by atoms with E-state index in [0.29, 0.717) is 18.8 Å². The summed E-state index contributed by atoms with van der Waals surface area (Å²) in [5, 5.41) is 3.69. The fourth-order valence-electron chi connectivity index (χ4n) is 2.44. The van der Waals surface area contributed by atoms with Crippen LogP contribution in [0.3, 0.4) is 0 Å². The van der Waals surface area contributed by atoms with Crippen molar-refractivity contribution >= 4 is 5.91 Å². The number of pyridine rings is 1. The number of nitrogens with zero attached hydrogens (tertiary/aromatic N) is 3. The summed E-state index contributed by atoms with van der Waals surface area (Å²) >= 11 is 0. The molecule has 2 aromatic rings. The number of hydrogen-bond donors (Lipinski definition) is 0. The summed E-state index contributed by atoms with van der Waals surface area (Å²) in [5.41, 5.74) is 1.39. The number of likely N-dealkylation sites (tertiary alicyclic amines) is 1. The molecule has 3 heterocycles. The van der Waals surface area contributed by atoms with Gasteiger partial charge in [-0.3, -0.25) is 9.78 Å².